The van der Waals surface area contributed by atoms with Gasteiger partial charge in [0.2, 0.25) is 0 Å². The van der Waals surface area contributed by atoms with Crippen molar-refractivity contribution in [2.24, 2.45) is 11.8 Å². The third-order valence-electron chi connectivity index (χ3n) is 4.50. The lowest BCUT2D eigenvalue weighted by atomic mass is 10.1. The molecule has 1 aromatic carbocycles. The van der Waals surface area contributed by atoms with Crippen molar-refractivity contribution in [1.29, 1.82) is 0 Å². The van der Waals surface area contributed by atoms with Crippen LogP contribution < -0.4 is 5.32 Å². The summed E-state index contributed by atoms with van der Waals surface area (Å²) in [6, 6.07) is 5.96. The number of aliphatic hydroxyl groups is 2. The molecule has 0 radical (unpaired) electrons. The minimum Gasteiger partial charge on any atom is -0.479 e. The zero-order valence-electron chi connectivity index (χ0n) is 17.1. The van der Waals surface area contributed by atoms with E-state index >= 15 is 0 Å². The number of aliphatic carboxylic acids is 2. The van der Waals surface area contributed by atoms with E-state index in [1.807, 2.05) is 12.1 Å². The Morgan fingerprint density at radius 1 is 1.13 bits per heavy atom. The highest BCUT2D eigenvalue weighted by Gasteiger charge is 2.29. The molecular weight excluding hydrogens is 435 g/mol. The molecule has 2 rings (SSSR count). The first-order valence-electron chi connectivity index (χ1n) is 9.70. The van der Waals surface area contributed by atoms with Crippen LogP contribution >= 0.6 is 23.2 Å². The number of aliphatic hydroxyl groups excluding tert-OH is 2. The molecule has 3 atom stereocenters. The van der Waals surface area contributed by atoms with Gasteiger partial charge >= 0.3 is 11.9 Å². The molecule has 5 N–H and O–H groups in total. The van der Waals surface area contributed by atoms with Crippen molar-refractivity contribution >= 4 is 35.1 Å². The third kappa shape index (κ3) is 9.59. The number of hydrogen-bond donors (Lipinski definition) is 5. The molecule has 1 saturated heterocycles. The Kier molecular flexibility index (Phi) is 11.6. The molecule has 0 saturated carbocycles. The van der Waals surface area contributed by atoms with E-state index in [0.29, 0.717) is 16.0 Å². The molecule has 10 heteroatoms. The van der Waals surface area contributed by atoms with E-state index in [2.05, 4.69) is 30.1 Å². The Bertz CT molecular complexity index is 680. The second-order valence-corrected chi connectivity index (χ2v) is 8.58. The van der Waals surface area contributed by atoms with Gasteiger partial charge in [-0.3, -0.25) is 4.90 Å². The van der Waals surface area contributed by atoms with Crippen LogP contribution in [0.1, 0.15) is 25.8 Å². The fraction of sp³-hybridized carbons (Fsp3) is 0.600. The summed E-state index contributed by atoms with van der Waals surface area (Å²) in [6.07, 6.45) is -3.24. The first-order valence-corrected chi connectivity index (χ1v) is 10.5. The summed E-state index contributed by atoms with van der Waals surface area (Å²) in [7, 11) is 0. The molecule has 0 bridgehead atoms. The number of carboxylic acids is 2. The highest BCUT2D eigenvalue weighted by atomic mass is 35.5. The van der Waals surface area contributed by atoms with Gasteiger partial charge < -0.3 is 25.7 Å². The van der Waals surface area contributed by atoms with Crippen LogP contribution in [0.5, 0.6) is 0 Å². The molecule has 1 aliphatic heterocycles. The molecule has 30 heavy (non-hydrogen) atoms. The van der Waals surface area contributed by atoms with Crippen molar-refractivity contribution in [3.63, 3.8) is 0 Å². The van der Waals surface area contributed by atoms with E-state index in [0.717, 1.165) is 38.6 Å². The number of rotatable bonds is 9. The molecular formula is C20H30Cl2N2O6. The number of halogens is 2. The fourth-order valence-electron chi connectivity index (χ4n) is 3.12. The zero-order valence-corrected chi connectivity index (χ0v) is 18.6. The maximum absolute atomic E-state index is 9.77. The Morgan fingerprint density at radius 3 is 2.17 bits per heavy atom. The lowest BCUT2D eigenvalue weighted by Crippen LogP contribution is -2.39. The summed E-state index contributed by atoms with van der Waals surface area (Å²) >= 11 is 12.1. The molecule has 0 amide bonds. The topological polar surface area (TPSA) is 130 Å². The Hall–Kier alpha value is -1.42. The average Bonchev–Trinajstić information content (AvgIpc) is 3.16. The summed E-state index contributed by atoms with van der Waals surface area (Å²) in [5.74, 6) is -2.09. The average molecular weight is 465 g/mol. The second-order valence-electron chi connectivity index (χ2n) is 7.76. The van der Waals surface area contributed by atoms with Crippen LogP contribution in [0.25, 0.3) is 0 Å². The van der Waals surface area contributed by atoms with Crippen molar-refractivity contribution in [3.05, 3.63) is 33.8 Å². The Morgan fingerprint density at radius 2 is 1.73 bits per heavy atom. The molecule has 0 aromatic heterocycles. The molecule has 2 unspecified atom stereocenters. The predicted octanol–water partition coefficient (Wildman–Crippen LogP) is 1.94. The first kappa shape index (κ1) is 26.6. The maximum atomic E-state index is 9.77. The number of carbonyl (C=O) groups is 2. The van der Waals surface area contributed by atoms with E-state index in [9.17, 15) is 9.59 Å². The summed E-state index contributed by atoms with van der Waals surface area (Å²) in [5.41, 5.74) is 1.24. The van der Waals surface area contributed by atoms with Gasteiger partial charge in [0.15, 0.2) is 12.2 Å². The van der Waals surface area contributed by atoms with Crippen LogP contribution in [0.4, 0.5) is 0 Å². The van der Waals surface area contributed by atoms with Gasteiger partial charge in [-0.25, -0.2) is 9.59 Å². The fourth-order valence-corrected chi connectivity index (χ4v) is 3.44. The van der Waals surface area contributed by atoms with Crippen molar-refractivity contribution in [3.8, 4) is 0 Å². The van der Waals surface area contributed by atoms with Gasteiger partial charge in [0.1, 0.15) is 0 Å². The van der Waals surface area contributed by atoms with Crippen molar-refractivity contribution in [1.82, 2.24) is 10.2 Å². The van der Waals surface area contributed by atoms with Crippen molar-refractivity contribution in [2.45, 2.75) is 39.0 Å². The van der Waals surface area contributed by atoms with Gasteiger partial charge in [-0.05, 0) is 49.0 Å². The zero-order chi connectivity index (χ0) is 22.8. The van der Waals surface area contributed by atoms with Crippen LogP contribution in [-0.2, 0) is 16.1 Å². The molecule has 1 aliphatic rings. The van der Waals surface area contributed by atoms with Crippen molar-refractivity contribution < 1.29 is 30.0 Å². The molecule has 1 heterocycles. The smallest absolute Gasteiger partial charge is 0.335 e. The minimum atomic E-state index is -2.27. The van der Waals surface area contributed by atoms with Gasteiger partial charge in [-0.2, -0.15) is 0 Å². The monoisotopic (exact) mass is 464 g/mol. The molecule has 1 fully saturated rings. The maximum Gasteiger partial charge on any atom is 0.335 e. The van der Waals surface area contributed by atoms with Crippen LogP contribution in [-0.4, -0.2) is 75.7 Å². The highest BCUT2D eigenvalue weighted by molar-refractivity contribution is 6.42. The normalized spacial score (nSPS) is 18.1. The van der Waals surface area contributed by atoms with Gasteiger partial charge in [0, 0.05) is 19.6 Å². The number of nitrogens with zero attached hydrogens (tertiary/aromatic N) is 1. The van der Waals surface area contributed by atoms with Crippen LogP contribution in [0.15, 0.2) is 18.2 Å². The summed E-state index contributed by atoms with van der Waals surface area (Å²) in [4.78, 5) is 22.1. The van der Waals surface area contributed by atoms with Crippen LogP contribution in [0.3, 0.4) is 0 Å². The number of hydrogen-bond acceptors (Lipinski definition) is 6. The van der Waals surface area contributed by atoms with Crippen LogP contribution in [0, 0.1) is 11.8 Å². The first-order chi connectivity index (χ1) is 14.0. The second kappa shape index (κ2) is 13.1. The van der Waals surface area contributed by atoms with E-state index in [-0.39, 0.29) is 0 Å². The molecule has 0 spiro atoms. The summed E-state index contributed by atoms with van der Waals surface area (Å²) in [6.45, 7) is 10.1. The minimum absolute atomic E-state index is 0.630. The summed E-state index contributed by atoms with van der Waals surface area (Å²) in [5, 5.41) is 37.3. The van der Waals surface area contributed by atoms with E-state index < -0.39 is 24.1 Å². The standard InChI is InChI=1S/C16H24Cl2N2.C4H6O6/c1-12(2)9-20(11-14-5-6-19-8-14)10-13-3-4-15(17)16(18)7-13;5-1(3(7)8)2(6)4(9)10/h3-4,7,12,14,19H,5-6,8-11H2,1-2H3;1-2,5-6H,(H,7,8)(H,9,10)/t14-;/m0./s1. The lowest BCUT2D eigenvalue weighted by molar-refractivity contribution is -0.165. The van der Waals surface area contributed by atoms with Gasteiger partial charge in [-0.1, -0.05) is 43.1 Å². The lowest BCUT2D eigenvalue weighted by Gasteiger charge is -2.27. The van der Waals surface area contributed by atoms with Crippen LogP contribution in [0.2, 0.25) is 10.0 Å². The number of nitrogens with one attached hydrogen (secondary N) is 1. The molecule has 0 aliphatic carbocycles. The van der Waals surface area contributed by atoms with Crippen molar-refractivity contribution in [2.75, 3.05) is 26.2 Å². The third-order valence-corrected chi connectivity index (χ3v) is 5.24. The van der Waals surface area contributed by atoms with E-state index in [1.165, 1.54) is 12.0 Å². The van der Waals surface area contributed by atoms with E-state index in [1.54, 1.807) is 0 Å². The Balaban J connectivity index is 0.000000382. The predicted molar refractivity (Wildman–Crippen MR) is 115 cm³/mol. The highest BCUT2D eigenvalue weighted by Crippen LogP contribution is 2.24. The number of carboxylic acid groups (broad SMARTS) is 2. The van der Waals surface area contributed by atoms with E-state index in [4.69, 9.17) is 43.6 Å². The Labute approximate surface area is 186 Å². The quantitative estimate of drug-likeness (QED) is 0.374. The molecule has 8 nitrogen and oxygen atoms in total. The summed E-state index contributed by atoms with van der Waals surface area (Å²) < 4.78 is 0. The van der Waals surface area contributed by atoms with Gasteiger partial charge in [0.25, 0.3) is 0 Å². The van der Waals surface area contributed by atoms with Gasteiger partial charge in [-0.15, -0.1) is 0 Å². The van der Waals surface area contributed by atoms with Gasteiger partial charge in [0.05, 0.1) is 10.0 Å². The molecule has 1 aromatic rings. The SMILES string of the molecule is CC(C)CN(Cc1ccc(Cl)c(Cl)c1)C[C@H]1CCNC1.O=C(O)C(O)C(O)C(=O)O. The molecule has 170 valence electrons. The largest absolute Gasteiger partial charge is 0.479 e. The number of benzene rings is 1.